The van der Waals surface area contributed by atoms with Crippen LogP contribution in [0.3, 0.4) is 0 Å². The highest BCUT2D eigenvalue weighted by Crippen LogP contribution is 2.27. The number of hydrogen-bond acceptors (Lipinski definition) is 6. The summed E-state index contributed by atoms with van der Waals surface area (Å²) in [5, 5.41) is 9.84. The fraction of sp³-hybridized carbons (Fsp3) is 0.391. The van der Waals surface area contributed by atoms with E-state index in [2.05, 4.69) is 33.8 Å². The van der Waals surface area contributed by atoms with E-state index in [1.807, 2.05) is 36.4 Å². The van der Waals surface area contributed by atoms with Gasteiger partial charge >= 0.3 is 0 Å². The number of thioether (sulfide) groups is 1. The molecule has 3 aromatic rings. The smallest absolute Gasteiger partial charge is 0.191 e. The van der Waals surface area contributed by atoms with Crippen molar-refractivity contribution in [3.8, 4) is 22.9 Å². The van der Waals surface area contributed by atoms with Crippen LogP contribution in [-0.4, -0.2) is 46.9 Å². The number of hydrogen-bond donors (Lipinski definition) is 0. The van der Waals surface area contributed by atoms with Crippen LogP contribution in [0.1, 0.15) is 18.4 Å². The molecule has 7 heteroatoms. The first kappa shape index (κ1) is 20.8. The van der Waals surface area contributed by atoms with Crippen molar-refractivity contribution < 1.29 is 14.2 Å². The van der Waals surface area contributed by atoms with Crippen LogP contribution in [0.25, 0.3) is 11.4 Å². The monoisotopic (exact) mass is 425 g/mol. The number of rotatable bonds is 9. The van der Waals surface area contributed by atoms with Crippen LogP contribution in [0.4, 0.5) is 0 Å². The molecule has 4 rings (SSSR count). The predicted octanol–water partition coefficient (Wildman–Crippen LogP) is 4.61. The molecule has 0 aliphatic carbocycles. The summed E-state index contributed by atoms with van der Waals surface area (Å²) in [6.45, 7) is 4.27. The largest absolute Gasteiger partial charge is 0.497 e. The van der Waals surface area contributed by atoms with Gasteiger partial charge in [-0.2, -0.15) is 0 Å². The summed E-state index contributed by atoms with van der Waals surface area (Å²) in [6, 6.07) is 16.0. The van der Waals surface area contributed by atoms with Gasteiger partial charge in [0.15, 0.2) is 11.0 Å². The second-order valence-corrected chi connectivity index (χ2v) is 8.35. The van der Waals surface area contributed by atoms with Gasteiger partial charge in [0.05, 0.1) is 26.4 Å². The van der Waals surface area contributed by atoms with Gasteiger partial charge in [0, 0.05) is 17.9 Å². The molecule has 0 radical (unpaired) electrons. The topological polar surface area (TPSA) is 58.4 Å². The van der Waals surface area contributed by atoms with E-state index in [1.54, 1.807) is 18.9 Å². The van der Waals surface area contributed by atoms with Crippen molar-refractivity contribution in [1.29, 1.82) is 0 Å². The van der Waals surface area contributed by atoms with E-state index in [9.17, 15) is 0 Å². The van der Waals surface area contributed by atoms with Crippen molar-refractivity contribution in [2.24, 2.45) is 0 Å². The first-order valence-electron chi connectivity index (χ1n) is 10.2. The Balaban J connectivity index is 1.45. The van der Waals surface area contributed by atoms with Gasteiger partial charge in [-0.1, -0.05) is 29.5 Å². The van der Waals surface area contributed by atoms with Gasteiger partial charge in [-0.25, -0.2) is 0 Å². The third-order valence-corrected chi connectivity index (χ3v) is 6.01. The molecule has 2 aromatic carbocycles. The van der Waals surface area contributed by atoms with Crippen molar-refractivity contribution in [2.75, 3.05) is 26.1 Å². The molecule has 0 saturated carbocycles. The summed E-state index contributed by atoms with van der Waals surface area (Å²) in [7, 11) is 1.67. The maximum atomic E-state index is 5.87. The number of benzene rings is 2. The predicted molar refractivity (Wildman–Crippen MR) is 118 cm³/mol. The highest BCUT2D eigenvalue weighted by Gasteiger charge is 2.21. The fourth-order valence-corrected chi connectivity index (χ4v) is 4.20. The highest BCUT2D eigenvalue weighted by atomic mass is 32.2. The Morgan fingerprint density at radius 1 is 1.07 bits per heavy atom. The average Bonchev–Trinajstić information content (AvgIpc) is 3.43. The summed E-state index contributed by atoms with van der Waals surface area (Å²) in [5.41, 5.74) is 2.24. The van der Waals surface area contributed by atoms with Crippen LogP contribution in [0.2, 0.25) is 0 Å². The third kappa shape index (κ3) is 5.15. The first-order valence-corrected chi connectivity index (χ1v) is 11.2. The molecule has 1 aromatic heterocycles. The van der Waals surface area contributed by atoms with Crippen LogP contribution >= 0.6 is 11.8 Å². The summed E-state index contributed by atoms with van der Waals surface area (Å²) in [4.78, 5) is 0. The van der Waals surface area contributed by atoms with E-state index in [1.165, 1.54) is 5.56 Å². The lowest BCUT2D eigenvalue weighted by molar-refractivity contribution is 0.0953. The van der Waals surface area contributed by atoms with Crippen molar-refractivity contribution in [1.82, 2.24) is 14.8 Å². The van der Waals surface area contributed by atoms with Crippen molar-refractivity contribution in [3.63, 3.8) is 0 Å². The minimum atomic E-state index is 0.209. The number of methoxy groups -OCH3 is 1. The quantitative estimate of drug-likeness (QED) is 0.369. The summed E-state index contributed by atoms with van der Waals surface area (Å²) in [6.07, 6.45) is 2.39. The van der Waals surface area contributed by atoms with Crippen LogP contribution in [-0.2, 0) is 11.3 Å². The zero-order chi connectivity index (χ0) is 20.8. The molecule has 1 saturated heterocycles. The SMILES string of the molecule is COc1ccc(-c2nnc(SCCOc3ccc(C)cc3)n2CC2CCCO2)cc1. The van der Waals surface area contributed by atoms with Gasteiger partial charge in [-0.05, 0) is 56.2 Å². The normalized spacial score (nSPS) is 16.0. The summed E-state index contributed by atoms with van der Waals surface area (Å²) in [5.74, 6) is 3.36. The van der Waals surface area contributed by atoms with E-state index in [0.29, 0.717) is 6.61 Å². The Labute approximate surface area is 181 Å². The molecule has 1 fully saturated rings. The number of aryl methyl sites for hydroxylation is 1. The zero-order valence-electron chi connectivity index (χ0n) is 17.4. The van der Waals surface area contributed by atoms with E-state index >= 15 is 0 Å². The standard InChI is InChI=1S/C23H27N3O3S/c1-17-5-9-20(10-6-17)29-14-15-30-23-25-24-22(18-7-11-19(27-2)12-8-18)26(23)16-21-4-3-13-28-21/h5-12,21H,3-4,13-16H2,1-2H3. The van der Waals surface area contributed by atoms with Gasteiger partial charge in [-0.15, -0.1) is 10.2 Å². The molecule has 0 amide bonds. The third-order valence-electron chi connectivity index (χ3n) is 5.08. The van der Waals surface area contributed by atoms with Crippen LogP contribution in [0.5, 0.6) is 11.5 Å². The van der Waals surface area contributed by atoms with Crippen molar-refractivity contribution in [2.45, 2.75) is 37.6 Å². The lowest BCUT2D eigenvalue weighted by Crippen LogP contribution is -2.17. The second-order valence-electron chi connectivity index (χ2n) is 7.29. The zero-order valence-corrected chi connectivity index (χ0v) is 18.2. The van der Waals surface area contributed by atoms with E-state index < -0.39 is 0 Å². The van der Waals surface area contributed by atoms with E-state index in [0.717, 1.165) is 59.8 Å². The minimum Gasteiger partial charge on any atom is -0.497 e. The second kappa shape index (κ2) is 10.00. The van der Waals surface area contributed by atoms with Crippen LogP contribution < -0.4 is 9.47 Å². The number of aromatic nitrogens is 3. The van der Waals surface area contributed by atoms with Crippen LogP contribution in [0.15, 0.2) is 53.7 Å². The molecule has 1 aliphatic rings. The van der Waals surface area contributed by atoms with Gasteiger partial charge in [0.25, 0.3) is 0 Å². The number of nitrogens with zero attached hydrogens (tertiary/aromatic N) is 3. The van der Waals surface area contributed by atoms with Crippen LogP contribution in [0, 0.1) is 6.92 Å². The molecule has 1 unspecified atom stereocenters. The molecule has 0 N–H and O–H groups in total. The lowest BCUT2D eigenvalue weighted by Gasteiger charge is -2.15. The van der Waals surface area contributed by atoms with Crippen molar-refractivity contribution in [3.05, 3.63) is 54.1 Å². The molecular formula is C23H27N3O3S. The molecule has 1 atom stereocenters. The Morgan fingerprint density at radius 3 is 2.53 bits per heavy atom. The molecule has 2 heterocycles. The van der Waals surface area contributed by atoms with Gasteiger partial charge in [0.1, 0.15) is 11.5 Å². The fourth-order valence-electron chi connectivity index (χ4n) is 3.43. The molecule has 0 spiro atoms. The maximum Gasteiger partial charge on any atom is 0.191 e. The molecule has 30 heavy (non-hydrogen) atoms. The molecule has 158 valence electrons. The Kier molecular flexibility index (Phi) is 6.92. The average molecular weight is 426 g/mol. The van der Waals surface area contributed by atoms with Gasteiger partial charge in [0.2, 0.25) is 0 Å². The lowest BCUT2D eigenvalue weighted by atomic mass is 10.2. The maximum absolute atomic E-state index is 5.87. The molecule has 0 bridgehead atoms. The number of ether oxygens (including phenoxy) is 3. The van der Waals surface area contributed by atoms with Gasteiger partial charge < -0.3 is 14.2 Å². The van der Waals surface area contributed by atoms with Gasteiger partial charge in [-0.3, -0.25) is 4.57 Å². The minimum absolute atomic E-state index is 0.209. The molecule has 1 aliphatic heterocycles. The van der Waals surface area contributed by atoms with E-state index in [4.69, 9.17) is 14.2 Å². The Bertz CT molecular complexity index is 935. The van der Waals surface area contributed by atoms with E-state index in [-0.39, 0.29) is 6.10 Å². The van der Waals surface area contributed by atoms with Crippen molar-refractivity contribution >= 4 is 11.8 Å². The highest BCUT2D eigenvalue weighted by molar-refractivity contribution is 7.99. The first-order chi connectivity index (χ1) is 14.7. The molecule has 6 nitrogen and oxygen atoms in total. The summed E-state index contributed by atoms with van der Waals surface area (Å²) >= 11 is 1.66. The molecular weight excluding hydrogens is 398 g/mol. The Morgan fingerprint density at radius 2 is 1.83 bits per heavy atom. The Hall–Kier alpha value is -2.51. The summed E-state index contributed by atoms with van der Waals surface area (Å²) < 4.78 is 19.2.